The van der Waals surface area contributed by atoms with E-state index in [4.69, 9.17) is 16.3 Å². The van der Waals surface area contributed by atoms with Crippen LogP contribution in [0.15, 0.2) is 64.8 Å². The van der Waals surface area contributed by atoms with Crippen molar-refractivity contribution in [1.82, 2.24) is 13.9 Å². The first-order valence-electron chi connectivity index (χ1n) is 11.4. The molecule has 12 heteroatoms. The van der Waals surface area contributed by atoms with Crippen LogP contribution in [0.3, 0.4) is 0 Å². The molecule has 1 aliphatic rings. The van der Waals surface area contributed by atoms with Crippen molar-refractivity contribution in [3.8, 4) is 0 Å². The fourth-order valence-electron chi connectivity index (χ4n) is 3.83. The lowest BCUT2D eigenvalue weighted by Crippen LogP contribution is -2.33. The highest BCUT2D eigenvalue weighted by atomic mass is 35.5. The summed E-state index contributed by atoms with van der Waals surface area (Å²) in [6.45, 7) is 0.638. The van der Waals surface area contributed by atoms with Crippen LogP contribution in [-0.2, 0) is 43.4 Å². The number of nitrogens with zero attached hydrogens (tertiary/aromatic N) is 3. The molecule has 1 heterocycles. The Kier molecular flexibility index (Phi) is 8.15. The van der Waals surface area contributed by atoms with Crippen molar-refractivity contribution in [2.24, 2.45) is 5.92 Å². The molecule has 2 aromatic carbocycles. The number of rotatable bonds is 12. The lowest BCUT2D eigenvalue weighted by atomic mass is 10.2. The van der Waals surface area contributed by atoms with E-state index in [1.165, 1.54) is 70.7 Å². The minimum absolute atomic E-state index is 0.0513. The first-order chi connectivity index (χ1) is 17.1. The number of ether oxygens (including phenoxy) is 1. The molecule has 3 aromatic rings. The summed E-state index contributed by atoms with van der Waals surface area (Å²) in [5.74, 6) is -0.576. The van der Waals surface area contributed by atoms with Gasteiger partial charge in [0.1, 0.15) is 5.82 Å². The van der Waals surface area contributed by atoms with Gasteiger partial charge in [-0.3, -0.25) is 0 Å². The fourth-order valence-corrected chi connectivity index (χ4v) is 6.96. The minimum Gasteiger partial charge on any atom is -0.383 e. The number of aromatic nitrogens is 2. The van der Waals surface area contributed by atoms with Crippen molar-refractivity contribution in [1.29, 1.82) is 0 Å². The Morgan fingerprint density at radius 2 is 1.75 bits per heavy atom. The summed E-state index contributed by atoms with van der Waals surface area (Å²) in [6.07, 6.45) is 3.27. The third kappa shape index (κ3) is 6.33. The van der Waals surface area contributed by atoms with Crippen LogP contribution in [0.25, 0.3) is 0 Å². The highest BCUT2D eigenvalue weighted by molar-refractivity contribution is 7.90. The number of methoxy groups -OCH3 is 1. The van der Waals surface area contributed by atoms with Gasteiger partial charge in [-0.15, -0.1) is 0 Å². The molecule has 0 atom stereocenters. The van der Waals surface area contributed by atoms with Gasteiger partial charge >= 0.3 is 0 Å². The average Bonchev–Trinajstić information content (AvgIpc) is 3.56. The summed E-state index contributed by atoms with van der Waals surface area (Å²) in [7, 11) is -6.29. The van der Waals surface area contributed by atoms with Crippen LogP contribution in [0, 0.1) is 11.7 Å². The number of sulfonamides is 1. The number of benzene rings is 2. The topological polar surface area (TPSA) is 98.6 Å². The van der Waals surface area contributed by atoms with Gasteiger partial charge in [0.2, 0.25) is 25.0 Å². The zero-order valence-corrected chi connectivity index (χ0v) is 22.1. The van der Waals surface area contributed by atoms with E-state index in [1.807, 2.05) is 0 Å². The van der Waals surface area contributed by atoms with E-state index < -0.39 is 25.7 Å². The van der Waals surface area contributed by atoms with Crippen LogP contribution in [0.1, 0.15) is 24.1 Å². The zero-order valence-electron chi connectivity index (χ0n) is 19.7. The highest BCUT2D eigenvalue weighted by Gasteiger charge is 2.33. The van der Waals surface area contributed by atoms with Crippen LogP contribution >= 0.6 is 11.6 Å². The smallest absolute Gasteiger partial charge is 0.243 e. The first kappa shape index (κ1) is 26.7. The molecule has 1 saturated carbocycles. The van der Waals surface area contributed by atoms with Gasteiger partial charge in [-0.25, -0.2) is 26.2 Å². The maximum atomic E-state index is 13.5. The maximum Gasteiger partial charge on any atom is 0.243 e. The van der Waals surface area contributed by atoms with E-state index in [1.54, 1.807) is 0 Å². The molecular formula is C24H27ClFN3O5S2. The lowest BCUT2D eigenvalue weighted by molar-refractivity contribution is 0.182. The lowest BCUT2D eigenvalue weighted by Gasteiger charge is -2.23. The van der Waals surface area contributed by atoms with Gasteiger partial charge in [-0.2, -0.15) is 4.31 Å². The Morgan fingerprint density at radius 1 is 1.08 bits per heavy atom. The van der Waals surface area contributed by atoms with E-state index in [9.17, 15) is 21.2 Å². The van der Waals surface area contributed by atoms with Crippen LogP contribution in [0.2, 0.25) is 5.02 Å². The number of halogens is 2. The van der Waals surface area contributed by atoms with Crippen molar-refractivity contribution in [2.75, 3.05) is 20.3 Å². The monoisotopic (exact) mass is 555 g/mol. The summed E-state index contributed by atoms with van der Waals surface area (Å²) < 4.78 is 74.8. The number of hydrogen-bond acceptors (Lipinski definition) is 6. The molecule has 0 amide bonds. The zero-order chi connectivity index (χ0) is 25.9. The second-order valence-electron chi connectivity index (χ2n) is 8.76. The van der Waals surface area contributed by atoms with Gasteiger partial charge in [-0.1, -0.05) is 23.7 Å². The maximum absolute atomic E-state index is 13.5. The van der Waals surface area contributed by atoms with Crippen LogP contribution < -0.4 is 0 Å². The highest BCUT2D eigenvalue weighted by Crippen LogP contribution is 2.33. The molecule has 1 fully saturated rings. The normalized spacial score (nSPS) is 14.4. The Bertz CT molecular complexity index is 1400. The van der Waals surface area contributed by atoms with Crippen molar-refractivity contribution in [2.45, 2.75) is 41.7 Å². The number of hydrogen-bond donors (Lipinski definition) is 0. The summed E-state index contributed by atoms with van der Waals surface area (Å²) >= 11 is 5.94. The molecule has 0 spiro atoms. The SMILES string of the molecule is COCCn1c(CN(CC2CC2)S(=O)(=O)c2ccc(Cl)cc2)cnc1S(=O)(=O)Cc1ccc(F)cc1. The number of sulfone groups is 1. The van der Waals surface area contributed by atoms with Crippen molar-refractivity contribution >= 4 is 31.5 Å². The van der Waals surface area contributed by atoms with Crippen molar-refractivity contribution < 1.29 is 26.0 Å². The molecule has 0 radical (unpaired) electrons. The quantitative estimate of drug-likeness (QED) is 0.336. The van der Waals surface area contributed by atoms with E-state index >= 15 is 0 Å². The Labute approximate surface area is 215 Å². The molecule has 4 rings (SSSR count). The number of imidazole rings is 1. The summed E-state index contributed by atoms with van der Waals surface area (Å²) in [5, 5.41) is 0.241. The molecule has 1 aromatic heterocycles. The third-order valence-corrected chi connectivity index (χ3v) is 9.59. The van der Waals surface area contributed by atoms with Gasteiger partial charge in [0.05, 0.1) is 35.7 Å². The van der Waals surface area contributed by atoms with Crippen molar-refractivity contribution in [3.63, 3.8) is 0 Å². The molecule has 36 heavy (non-hydrogen) atoms. The molecule has 0 saturated heterocycles. The Hall–Kier alpha value is -2.31. The van der Waals surface area contributed by atoms with Gasteiger partial charge in [-0.05, 0) is 60.7 Å². The summed E-state index contributed by atoms with van der Waals surface area (Å²) in [5.41, 5.74) is 0.850. The second kappa shape index (κ2) is 11.0. The van der Waals surface area contributed by atoms with Crippen molar-refractivity contribution in [3.05, 3.63) is 76.8 Å². The van der Waals surface area contributed by atoms with E-state index in [-0.39, 0.29) is 41.4 Å². The molecule has 194 valence electrons. The summed E-state index contributed by atoms with van der Waals surface area (Å²) in [4.78, 5) is 4.29. The molecular weight excluding hydrogens is 529 g/mol. The van der Waals surface area contributed by atoms with Gasteiger partial charge in [0.25, 0.3) is 0 Å². The summed E-state index contributed by atoms with van der Waals surface area (Å²) in [6, 6.07) is 11.2. The van der Waals surface area contributed by atoms with E-state index in [2.05, 4.69) is 4.98 Å². The van der Waals surface area contributed by atoms with Crippen LogP contribution in [0.5, 0.6) is 0 Å². The van der Waals surface area contributed by atoms with Gasteiger partial charge < -0.3 is 9.30 Å². The molecule has 0 unspecified atom stereocenters. The largest absolute Gasteiger partial charge is 0.383 e. The predicted molar refractivity (Wildman–Crippen MR) is 133 cm³/mol. The van der Waals surface area contributed by atoms with Crippen LogP contribution in [-0.4, -0.2) is 51.0 Å². The third-order valence-electron chi connectivity index (χ3n) is 5.92. The molecule has 0 aliphatic heterocycles. The molecule has 0 N–H and O–H groups in total. The molecule has 0 bridgehead atoms. The average molecular weight is 556 g/mol. The van der Waals surface area contributed by atoms with Gasteiger partial charge in [0, 0.05) is 25.2 Å². The standard InChI is InChI=1S/C24H27ClFN3O5S2/c1-34-13-12-29-22(14-27-24(29)35(30,31)17-19-4-8-21(26)9-5-19)16-28(15-18-2-3-18)36(32,33)23-10-6-20(25)7-11-23/h4-11,14,18H,2-3,12-13,15-17H2,1H3. The van der Waals surface area contributed by atoms with Gasteiger partial charge in [0.15, 0.2) is 0 Å². The van der Waals surface area contributed by atoms with Crippen LogP contribution in [0.4, 0.5) is 4.39 Å². The molecule has 1 aliphatic carbocycles. The minimum atomic E-state index is -3.91. The Morgan fingerprint density at radius 3 is 2.36 bits per heavy atom. The predicted octanol–water partition coefficient (Wildman–Crippen LogP) is 3.90. The van der Waals surface area contributed by atoms with E-state index in [0.29, 0.717) is 22.8 Å². The first-order valence-corrected chi connectivity index (χ1v) is 14.8. The second-order valence-corrected chi connectivity index (χ2v) is 13.0. The fraction of sp³-hybridized carbons (Fsp3) is 0.375. The van der Waals surface area contributed by atoms with E-state index in [0.717, 1.165) is 12.8 Å². The Balaban J connectivity index is 1.67. The molecule has 8 nitrogen and oxygen atoms in total.